The highest BCUT2D eigenvalue weighted by Gasteiger charge is 2.41. The molecule has 2 N–H and O–H groups in total. The van der Waals surface area contributed by atoms with E-state index in [9.17, 15) is 22.0 Å². The molecule has 4 rings (SSSR count). The Labute approximate surface area is 180 Å². The number of benzene rings is 2. The van der Waals surface area contributed by atoms with Crippen molar-refractivity contribution in [3.8, 4) is 16.9 Å². The molecule has 0 saturated heterocycles. The van der Waals surface area contributed by atoms with Crippen LogP contribution in [-0.2, 0) is 5.54 Å². The van der Waals surface area contributed by atoms with E-state index in [1.165, 1.54) is 60.8 Å². The molecule has 2 heterocycles. The van der Waals surface area contributed by atoms with Gasteiger partial charge in [-0.15, -0.1) is 13.2 Å². The van der Waals surface area contributed by atoms with Gasteiger partial charge in [-0.1, -0.05) is 18.2 Å². The fourth-order valence-electron chi connectivity index (χ4n) is 3.73. The number of pyridine rings is 1. The van der Waals surface area contributed by atoms with Gasteiger partial charge in [0.1, 0.15) is 17.1 Å². The first-order valence-corrected chi connectivity index (χ1v) is 9.43. The molecule has 0 amide bonds. The van der Waals surface area contributed by atoms with Crippen LogP contribution in [0.1, 0.15) is 11.1 Å². The van der Waals surface area contributed by atoms with Crippen LogP contribution in [0.5, 0.6) is 5.75 Å². The van der Waals surface area contributed by atoms with Crippen LogP contribution < -0.4 is 10.5 Å². The second-order valence-corrected chi connectivity index (χ2v) is 7.29. The lowest BCUT2D eigenvalue weighted by Crippen LogP contribution is -2.34. The summed E-state index contributed by atoms with van der Waals surface area (Å²) in [5.74, 6) is -1.69. The number of rotatable bonds is 4. The van der Waals surface area contributed by atoms with Gasteiger partial charge in [-0.25, -0.2) is 14.4 Å². The zero-order chi connectivity index (χ0) is 23.1. The summed E-state index contributed by atoms with van der Waals surface area (Å²) >= 11 is 0. The van der Waals surface area contributed by atoms with Gasteiger partial charge in [-0.2, -0.15) is 4.39 Å². The number of nitrogens with zero attached hydrogens (tertiary/aromatic N) is 3. The topological polar surface area (TPSA) is 63.7 Å². The summed E-state index contributed by atoms with van der Waals surface area (Å²) in [5.41, 5.74) is 5.78. The number of hydrogen-bond acceptors (Lipinski definition) is 5. The molecule has 5 nitrogen and oxygen atoms in total. The minimum Gasteiger partial charge on any atom is -0.406 e. The Kier molecular flexibility index (Phi) is 5.23. The smallest absolute Gasteiger partial charge is 0.406 e. The zero-order valence-corrected chi connectivity index (χ0v) is 16.7. The van der Waals surface area contributed by atoms with Gasteiger partial charge in [-0.3, -0.25) is 0 Å². The van der Waals surface area contributed by atoms with E-state index in [0.29, 0.717) is 11.1 Å². The average Bonchev–Trinajstić information content (AvgIpc) is 3.04. The van der Waals surface area contributed by atoms with Crippen molar-refractivity contribution in [1.29, 1.82) is 0 Å². The highest BCUT2D eigenvalue weighted by atomic mass is 19.4. The summed E-state index contributed by atoms with van der Waals surface area (Å²) < 4.78 is 70.4. The van der Waals surface area contributed by atoms with Crippen LogP contribution >= 0.6 is 0 Å². The fourth-order valence-corrected chi connectivity index (χ4v) is 3.73. The summed E-state index contributed by atoms with van der Waals surface area (Å²) in [4.78, 5) is 9.79. The van der Waals surface area contributed by atoms with E-state index >= 15 is 0 Å². The Bertz CT molecular complexity index is 1180. The van der Waals surface area contributed by atoms with Crippen molar-refractivity contribution in [1.82, 2.24) is 9.88 Å². The van der Waals surface area contributed by atoms with E-state index in [1.54, 1.807) is 11.9 Å². The molecule has 0 spiro atoms. The summed E-state index contributed by atoms with van der Waals surface area (Å²) in [6.07, 6.45) is -3.57. The third-order valence-electron chi connectivity index (χ3n) is 5.22. The lowest BCUT2D eigenvalue weighted by Gasteiger charge is -2.29. The molecular formula is C22H17F5N4O. The van der Waals surface area contributed by atoms with Crippen LogP contribution in [-0.4, -0.2) is 35.8 Å². The Balaban J connectivity index is 1.84. The molecule has 10 heteroatoms. The van der Waals surface area contributed by atoms with Crippen LogP contribution in [0, 0.1) is 11.8 Å². The molecule has 1 aliphatic heterocycles. The van der Waals surface area contributed by atoms with Crippen molar-refractivity contribution in [2.24, 2.45) is 10.7 Å². The number of halogens is 5. The molecule has 1 aromatic heterocycles. The third kappa shape index (κ3) is 3.95. The molecule has 3 aromatic rings. The quantitative estimate of drug-likeness (QED) is 0.474. The molecule has 32 heavy (non-hydrogen) atoms. The highest BCUT2D eigenvalue weighted by Crippen LogP contribution is 2.41. The number of aliphatic imine (C=N–C) groups is 1. The molecule has 0 aliphatic carbocycles. The summed E-state index contributed by atoms with van der Waals surface area (Å²) in [6, 6.07) is 12.2. The molecule has 1 unspecified atom stereocenters. The molecule has 1 aliphatic rings. The largest absolute Gasteiger partial charge is 0.573 e. The standard InChI is InChI=1S/C22H17F5N4O/c1-31-12-21(30-20(31)28,13-4-7-15(8-5-13)32-22(25,26)27)14-6-9-18(23)17(11-14)16-3-2-10-29-19(16)24/h2-11H,12H2,1H3,(H2,28,30). The first kappa shape index (κ1) is 21.5. The van der Waals surface area contributed by atoms with Gasteiger partial charge in [0, 0.05) is 24.4 Å². The van der Waals surface area contributed by atoms with Gasteiger partial charge in [0.05, 0.1) is 6.54 Å². The van der Waals surface area contributed by atoms with E-state index < -0.39 is 29.4 Å². The van der Waals surface area contributed by atoms with E-state index in [-0.39, 0.29) is 23.6 Å². The van der Waals surface area contributed by atoms with E-state index in [4.69, 9.17) is 5.73 Å². The molecule has 0 radical (unpaired) electrons. The van der Waals surface area contributed by atoms with Crippen molar-refractivity contribution < 1.29 is 26.7 Å². The SMILES string of the molecule is CN1CC(c2ccc(OC(F)(F)F)cc2)(c2ccc(F)c(-c3cccnc3F)c2)N=C1N. The van der Waals surface area contributed by atoms with Crippen LogP contribution in [0.2, 0.25) is 0 Å². The number of likely N-dealkylation sites (N-methyl/N-ethyl adjacent to an activating group) is 1. The monoisotopic (exact) mass is 448 g/mol. The van der Waals surface area contributed by atoms with Crippen LogP contribution in [0.4, 0.5) is 22.0 Å². The fraction of sp³-hybridized carbons (Fsp3) is 0.182. The minimum atomic E-state index is -4.82. The number of hydrogen-bond donors (Lipinski definition) is 1. The molecular weight excluding hydrogens is 431 g/mol. The predicted octanol–water partition coefficient (Wildman–Crippen LogP) is 4.43. The molecule has 0 fully saturated rings. The van der Waals surface area contributed by atoms with Crippen molar-refractivity contribution in [2.45, 2.75) is 11.9 Å². The van der Waals surface area contributed by atoms with E-state index in [0.717, 1.165) is 0 Å². The highest BCUT2D eigenvalue weighted by molar-refractivity contribution is 5.82. The van der Waals surface area contributed by atoms with Crippen molar-refractivity contribution >= 4 is 5.96 Å². The van der Waals surface area contributed by atoms with Crippen LogP contribution in [0.25, 0.3) is 11.1 Å². The number of aromatic nitrogens is 1. The molecule has 2 aromatic carbocycles. The summed E-state index contributed by atoms with van der Waals surface area (Å²) in [7, 11) is 1.70. The first-order valence-electron chi connectivity index (χ1n) is 9.43. The number of nitrogens with two attached hydrogens (primary N) is 1. The molecule has 0 saturated carbocycles. The molecule has 166 valence electrons. The maximum Gasteiger partial charge on any atom is 0.573 e. The van der Waals surface area contributed by atoms with Crippen molar-refractivity contribution in [3.63, 3.8) is 0 Å². The maximum atomic E-state index is 14.6. The number of ether oxygens (including phenoxy) is 1. The maximum absolute atomic E-state index is 14.6. The van der Waals surface area contributed by atoms with Crippen LogP contribution in [0.3, 0.4) is 0 Å². The van der Waals surface area contributed by atoms with E-state index in [1.807, 2.05) is 0 Å². The average molecular weight is 448 g/mol. The summed E-state index contributed by atoms with van der Waals surface area (Å²) in [6.45, 7) is 0.235. The lowest BCUT2D eigenvalue weighted by atomic mass is 9.82. The lowest BCUT2D eigenvalue weighted by molar-refractivity contribution is -0.274. The molecule has 1 atom stereocenters. The Morgan fingerprint density at radius 1 is 1.00 bits per heavy atom. The number of guanidine groups is 1. The summed E-state index contributed by atoms with van der Waals surface area (Å²) in [5, 5.41) is 0. The van der Waals surface area contributed by atoms with E-state index in [2.05, 4.69) is 14.7 Å². The van der Waals surface area contributed by atoms with Gasteiger partial charge in [0.25, 0.3) is 0 Å². The predicted molar refractivity (Wildman–Crippen MR) is 108 cm³/mol. The Morgan fingerprint density at radius 3 is 2.28 bits per heavy atom. The third-order valence-corrected chi connectivity index (χ3v) is 5.22. The first-order chi connectivity index (χ1) is 15.1. The van der Waals surface area contributed by atoms with Gasteiger partial charge in [0.15, 0.2) is 5.96 Å². The second kappa shape index (κ2) is 7.77. The van der Waals surface area contributed by atoms with Crippen LogP contribution in [0.15, 0.2) is 65.8 Å². The number of alkyl halides is 3. The Hall–Kier alpha value is -3.69. The molecule has 0 bridgehead atoms. The zero-order valence-electron chi connectivity index (χ0n) is 16.7. The second-order valence-electron chi connectivity index (χ2n) is 7.29. The Morgan fingerprint density at radius 2 is 1.69 bits per heavy atom. The normalized spacial score (nSPS) is 18.6. The van der Waals surface area contributed by atoms with Crippen molar-refractivity contribution in [3.05, 3.63) is 83.7 Å². The van der Waals surface area contributed by atoms with Gasteiger partial charge in [-0.05, 0) is 47.5 Å². The van der Waals surface area contributed by atoms with Gasteiger partial charge >= 0.3 is 6.36 Å². The van der Waals surface area contributed by atoms with Crippen molar-refractivity contribution in [2.75, 3.05) is 13.6 Å². The minimum absolute atomic E-state index is 0.0205. The van der Waals surface area contributed by atoms with Gasteiger partial charge < -0.3 is 15.4 Å². The van der Waals surface area contributed by atoms with Gasteiger partial charge in [0.2, 0.25) is 5.95 Å².